The van der Waals surface area contributed by atoms with Crippen LogP contribution in [0.4, 0.5) is 0 Å². The molecule has 0 atom stereocenters. The molecular weight excluding hydrogens is 394 g/mol. The number of ether oxygens (including phenoxy) is 1. The molecule has 2 aromatic heterocycles. The molecule has 5 rings (SSSR count). The lowest BCUT2D eigenvalue weighted by Crippen LogP contribution is -2.86. The van der Waals surface area contributed by atoms with Crippen LogP contribution in [0.5, 0.6) is 5.75 Å². The maximum absolute atomic E-state index is 13.3. The number of Topliss-reactive ketones (excluding diaryl/α,β-unsaturated/α-hetero) is 1. The number of fused-ring (bicyclic) bond motifs is 1. The van der Waals surface area contributed by atoms with Crippen molar-refractivity contribution in [1.29, 1.82) is 0 Å². The molecule has 0 aliphatic carbocycles. The number of aromatic nitrogens is 2. The summed E-state index contributed by atoms with van der Waals surface area (Å²) in [7, 11) is 0. The van der Waals surface area contributed by atoms with E-state index in [0.717, 1.165) is 27.4 Å². The summed E-state index contributed by atoms with van der Waals surface area (Å²) in [5.41, 5.74) is 3.58. The number of benzene rings is 2. The second-order valence-corrected chi connectivity index (χ2v) is 7.84. The van der Waals surface area contributed by atoms with E-state index in [1.807, 2.05) is 71.3 Å². The summed E-state index contributed by atoms with van der Waals surface area (Å²) in [6, 6.07) is 20.3. The zero-order valence-electron chi connectivity index (χ0n) is 16.0. The standard InChI is InChI=1S/C24H19N3O2S/c28-23(20-15-30-24(27-20)17-8-5-11-25-12-17)18-13-26-19-9-4-10-21(22(18)19)29-14-16-6-2-1-3-7-16/h1-13,15,26H,14,27H2. The third-order valence-corrected chi connectivity index (χ3v) is 5.94. The van der Waals surface area contributed by atoms with Crippen LogP contribution >= 0.6 is 0 Å². The minimum atomic E-state index is -0.0246. The molecule has 0 unspecified atom stereocenters. The summed E-state index contributed by atoms with van der Waals surface area (Å²) in [4.78, 5) is 20.7. The van der Waals surface area contributed by atoms with Crippen molar-refractivity contribution in [3.63, 3.8) is 0 Å². The molecule has 0 fully saturated rings. The van der Waals surface area contributed by atoms with Crippen LogP contribution in [-0.4, -0.2) is 16.1 Å². The lowest BCUT2D eigenvalue weighted by Gasteiger charge is -2.17. The first-order chi connectivity index (χ1) is 14.8. The van der Waals surface area contributed by atoms with Gasteiger partial charge in [0, 0.05) is 11.9 Å². The van der Waals surface area contributed by atoms with Crippen LogP contribution in [0.3, 0.4) is 0 Å². The van der Waals surface area contributed by atoms with Crippen LogP contribution in [-0.2, 0) is 18.0 Å². The highest BCUT2D eigenvalue weighted by Crippen LogP contribution is 2.29. The molecular formula is C24H19N3O2S. The smallest absolute Gasteiger partial charge is 0.277 e. The summed E-state index contributed by atoms with van der Waals surface area (Å²) in [5, 5.41) is 5.66. The van der Waals surface area contributed by atoms with Crippen molar-refractivity contribution in [1.82, 2.24) is 4.98 Å². The van der Waals surface area contributed by atoms with Gasteiger partial charge in [0.25, 0.3) is 5.37 Å². The van der Waals surface area contributed by atoms with Crippen molar-refractivity contribution in [2.45, 2.75) is 6.61 Å². The van der Waals surface area contributed by atoms with Crippen LogP contribution in [0.1, 0.15) is 21.5 Å². The van der Waals surface area contributed by atoms with Crippen LogP contribution in [0.25, 0.3) is 10.9 Å². The molecule has 0 radical (unpaired) electrons. The minimum absolute atomic E-state index is 0.0246. The van der Waals surface area contributed by atoms with Crippen LogP contribution < -0.4 is 15.0 Å². The van der Waals surface area contributed by atoms with Gasteiger partial charge in [-0.05, 0) is 17.3 Å². The number of ketones is 1. The van der Waals surface area contributed by atoms with Crippen molar-refractivity contribution >= 4 is 33.4 Å². The predicted molar refractivity (Wildman–Crippen MR) is 116 cm³/mol. The fraction of sp³-hybridized carbons (Fsp3) is 0.0417. The second-order valence-electron chi connectivity index (χ2n) is 6.93. The number of nitrogens with two attached hydrogens (primary N) is 1. The number of quaternary nitrogens is 1. The van der Waals surface area contributed by atoms with Crippen molar-refractivity contribution < 1.29 is 19.8 Å². The number of pyridine rings is 1. The number of hydrogen-bond donors (Lipinski definition) is 1. The van der Waals surface area contributed by atoms with E-state index in [-0.39, 0.29) is 5.78 Å². The number of H-pyrrole nitrogens is 1. The zero-order chi connectivity index (χ0) is 20.3. The van der Waals surface area contributed by atoms with Gasteiger partial charge in [0.1, 0.15) is 12.1 Å². The van der Waals surface area contributed by atoms with Crippen molar-refractivity contribution in [3.05, 3.63) is 107 Å². The van der Waals surface area contributed by atoms with E-state index in [1.54, 1.807) is 29.9 Å². The third-order valence-electron chi connectivity index (χ3n) is 4.96. The average Bonchev–Trinajstić information content (AvgIpc) is 3.47. The lowest BCUT2D eigenvalue weighted by molar-refractivity contribution is -0.580. The van der Waals surface area contributed by atoms with Crippen molar-refractivity contribution in [2.24, 2.45) is 0 Å². The summed E-state index contributed by atoms with van der Waals surface area (Å²) in [6.45, 7) is 0.447. The highest BCUT2D eigenvalue weighted by Gasteiger charge is 2.31. The van der Waals surface area contributed by atoms with E-state index in [2.05, 4.69) is 9.97 Å². The first-order valence-electron chi connectivity index (χ1n) is 9.60. The SMILES string of the molecule is O=C(c1c[nH+][c-]2cccc(OCc3ccccc3)c12)[C-]1C=[S+][C-](c2cccnc2)[NH2+]1. The van der Waals surface area contributed by atoms with Gasteiger partial charge in [0.2, 0.25) is 0 Å². The molecule has 3 heterocycles. The maximum Gasteiger partial charge on any atom is 0.277 e. The van der Waals surface area contributed by atoms with Gasteiger partial charge in [0.15, 0.2) is 16.7 Å². The quantitative estimate of drug-likeness (QED) is 0.228. The van der Waals surface area contributed by atoms with Crippen molar-refractivity contribution in [3.8, 4) is 5.75 Å². The Labute approximate surface area is 178 Å². The second kappa shape index (κ2) is 8.02. The van der Waals surface area contributed by atoms with Gasteiger partial charge in [-0.1, -0.05) is 65.7 Å². The Morgan fingerprint density at radius 3 is 2.87 bits per heavy atom. The largest absolute Gasteiger partial charge is 0.524 e. The summed E-state index contributed by atoms with van der Waals surface area (Å²) >= 11 is 1.54. The highest BCUT2D eigenvalue weighted by atomic mass is 32.1. The van der Waals surface area contributed by atoms with Crippen LogP contribution in [0.2, 0.25) is 0 Å². The molecule has 6 heteroatoms. The van der Waals surface area contributed by atoms with Gasteiger partial charge in [0.05, 0.1) is 11.8 Å². The number of carbonyl (C=O) groups excluding carboxylic acids is 1. The fourth-order valence-corrected chi connectivity index (χ4v) is 4.34. The van der Waals surface area contributed by atoms with Gasteiger partial charge in [-0.15, -0.1) is 12.1 Å². The molecule has 30 heavy (non-hydrogen) atoms. The Kier molecular flexibility index (Phi) is 4.93. The van der Waals surface area contributed by atoms with Gasteiger partial charge >= 0.3 is 0 Å². The number of rotatable bonds is 6. The molecule has 0 saturated heterocycles. The van der Waals surface area contributed by atoms with Crippen LogP contribution in [0, 0.1) is 11.4 Å². The first kappa shape index (κ1) is 18.4. The molecule has 1 aliphatic rings. The molecule has 0 spiro atoms. The minimum Gasteiger partial charge on any atom is -0.524 e. The molecule has 0 bridgehead atoms. The Morgan fingerprint density at radius 2 is 2.03 bits per heavy atom. The molecule has 148 valence electrons. The van der Waals surface area contributed by atoms with Gasteiger partial charge in [-0.25, -0.2) is 0 Å². The highest BCUT2D eigenvalue weighted by molar-refractivity contribution is 7.81. The third kappa shape index (κ3) is 3.54. The molecule has 3 N–H and O–H groups in total. The fourth-order valence-electron chi connectivity index (χ4n) is 3.46. The zero-order valence-corrected chi connectivity index (χ0v) is 16.9. The number of carbonyl (C=O) groups is 1. The van der Waals surface area contributed by atoms with E-state index >= 15 is 0 Å². The average molecular weight is 414 g/mol. The molecule has 2 aromatic carbocycles. The number of hydrogen-bond acceptors (Lipinski definition) is 3. The maximum atomic E-state index is 13.3. The normalized spacial score (nSPS) is 13.2. The summed E-state index contributed by atoms with van der Waals surface area (Å²) in [6.07, 6.45) is 5.32. The summed E-state index contributed by atoms with van der Waals surface area (Å²) in [5.74, 6) is 0.673. The Bertz CT molecular complexity index is 1210. The predicted octanol–water partition coefficient (Wildman–Crippen LogP) is 2.06. The van der Waals surface area contributed by atoms with E-state index in [9.17, 15) is 4.79 Å². The molecule has 4 aromatic rings. The number of nitrogens with one attached hydrogen (secondary N) is 1. The van der Waals surface area contributed by atoms with Gasteiger partial charge in [-0.2, -0.15) is 0 Å². The Hall–Kier alpha value is -3.61. The summed E-state index contributed by atoms with van der Waals surface area (Å²) < 4.78 is 6.09. The van der Waals surface area contributed by atoms with E-state index < -0.39 is 0 Å². The lowest BCUT2D eigenvalue weighted by atomic mass is 10.0. The van der Waals surface area contributed by atoms with Gasteiger partial charge < -0.3 is 19.8 Å². The molecule has 0 saturated carbocycles. The van der Waals surface area contributed by atoms with Crippen molar-refractivity contribution in [2.75, 3.05) is 0 Å². The van der Waals surface area contributed by atoms with E-state index in [0.29, 0.717) is 24.0 Å². The topological polar surface area (TPSA) is 69.9 Å². The molecule has 0 amide bonds. The van der Waals surface area contributed by atoms with Crippen LogP contribution in [0.15, 0.2) is 79.3 Å². The Morgan fingerprint density at radius 1 is 1.13 bits per heavy atom. The van der Waals surface area contributed by atoms with Gasteiger partial charge in [-0.3, -0.25) is 4.98 Å². The first-order valence-corrected chi connectivity index (χ1v) is 10.5. The Balaban J connectivity index is 1.39. The van der Waals surface area contributed by atoms with E-state index in [1.165, 1.54) is 0 Å². The molecule has 5 nitrogen and oxygen atoms in total. The van der Waals surface area contributed by atoms with E-state index in [4.69, 9.17) is 4.74 Å². The number of nitrogens with zero attached hydrogens (tertiary/aromatic N) is 1. The molecule has 1 aliphatic heterocycles. The number of aromatic amines is 1. The monoisotopic (exact) mass is 413 g/mol.